The highest BCUT2D eigenvalue weighted by Gasteiger charge is 2.34. The number of piperidine rings is 1. The quantitative estimate of drug-likeness (QED) is 0.804. The van der Waals surface area contributed by atoms with Crippen LogP contribution in [0.4, 0.5) is 5.82 Å². The van der Waals surface area contributed by atoms with E-state index in [-0.39, 0.29) is 11.8 Å². The van der Waals surface area contributed by atoms with Crippen LogP contribution in [-0.4, -0.2) is 47.2 Å². The van der Waals surface area contributed by atoms with Crippen molar-refractivity contribution in [3.05, 3.63) is 33.1 Å². The van der Waals surface area contributed by atoms with Crippen molar-refractivity contribution in [2.45, 2.75) is 38.1 Å². The third-order valence-electron chi connectivity index (χ3n) is 5.04. The number of carbonyl (C=O) groups excluding carboxylic acids is 2. The fourth-order valence-electron chi connectivity index (χ4n) is 3.76. The predicted octanol–water partition coefficient (Wildman–Crippen LogP) is 2.72. The normalized spacial score (nSPS) is 20.5. The van der Waals surface area contributed by atoms with E-state index in [2.05, 4.69) is 32.5 Å². The van der Waals surface area contributed by atoms with Crippen molar-refractivity contribution in [2.75, 3.05) is 25.5 Å². The second-order valence-corrected chi connectivity index (χ2v) is 8.00. The summed E-state index contributed by atoms with van der Waals surface area (Å²) in [6.45, 7) is 3.25. The molecule has 1 saturated heterocycles. The maximum atomic E-state index is 12.1. The molecule has 2 aliphatic rings. The fourth-order valence-corrected chi connectivity index (χ4v) is 4.93. The second kappa shape index (κ2) is 7.20. The summed E-state index contributed by atoms with van der Waals surface area (Å²) in [6.07, 6.45) is 4.16. The predicted molar refractivity (Wildman–Crippen MR) is 98.5 cm³/mol. The molecule has 1 atom stereocenters. The Morgan fingerprint density at radius 2 is 2.15 bits per heavy atom. The first-order valence-electron chi connectivity index (χ1n) is 8.93. The number of aromatic amines is 1. The Morgan fingerprint density at radius 3 is 2.92 bits per heavy atom. The number of rotatable bonds is 4. The van der Waals surface area contributed by atoms with E-state index in [1.807, 2.05) is 0 Å². The minimum absolute atomic E-state index is 0.0867. The Labute approximate surface area is 155 Å². The highest BCUT2D eigenvalue weighted by molar-refractivity contribution is 7.12. The number of amides is 1. The largest absolute Gasteiger partial charge is 0.464 e. The first-order valence-corrected chi connectivity index (χ1v) is 9.74. The molecule has 0 aromatic carbocycles. The third kappa shape index (κ3) is 3.26. The fraction of sp³-hybridized carbons (Fsp3) is 0.500. The zero-order valence-electron chi connectivity index (χ0n) is 14.7. The molecule has 26 heavy (non-hydrogen) atoms. The van der Waals surface area contributed by atoms with Crippen LogP contribution in [0.5, 0.6) is 0 Å². The molecule has 0 radical (unpaired) electrons. The van der Waals surface area contributed by atoms with Gasteiger partial charge < -0.3 is 10.1 Å². The highest BCUT2D eigenvalue weighted by atomic mass is 32.1. The van der Waals surface area contributed by atoms with Gasteiger partial charge in [-0.1, -0.05) is 6.42 Å². The molecule has 0 saturated carbocycles. The van der Waals surface area contributed by atoms with Crippen molar-refractivity contribution in [3.8, 4) is 0 Å². The lowest BCUT2D eigenvalue weighted by atomic mass is 9.90. The number of carbonyl (C=O) groups is 2. The van der Waals surface area contributed by atoms with E-state index < -0.39 is 5.97 Å². The number of aromatic nitrogens is 2. The topological polar surface area (TPSA) is 87.3 Å². The molecule has 4 rings (SSSR count). The molecule has 138 valence electrons. The number of anilines is 1. The molecule has 8 heteroatoms. The zero-order valence-corrected chi connectivity index (χ0v) is 15.5. The summed E-state index contributed by atoms with van der Waals surface area (Å²) in [5, 5.41) is 9.55. The minimum atomic E-state index is -0.468. The molecule has 1 amide bonds. The smallest absolute Gasteiger partial charge is 0.356 e. The molecule has 1 fully saturated rings. The summed E-state index contributed by atoms with van der Waals surface area (Å²) >= 11 is 1.71. The summed E-state index contributed by atoms with van der Waals surface area (Å²) < 4.78 is 4.85. The van der Waals surface area contributed by atoms with E-state index in [0.717, 1.165) is 30.1 Å². The van der Waals surface area contributed by atoms with Crippen molar-refractivity contribution in [1.82, 2.24) is 15.1 Å². The SMILES string of the molecule is COC(=O)c1[nH]nc2c1C(c1ccc(CN3CCCCC3)s1)CC(=O)N2. The molecule has 1 unspecified atom stereocenters. The van der Waals surface area contributed by atoms with Gasteiger partial charge >= 0.3 is 5.97 Å². The first kappa shape index (κ1) is 17.2. The molecular weight excluding hydrogens is 352 g/mol. The monoisotopic (exact) mass is 374 g/mol. The average Bonchev–Trinajstić information content (AvgIpc) is 3.28. The van der Waals surface area contributed by atoms with Crippen LogP contribution in [0.25, 0.3) is 0 Å². The minimum Gasteiger partial charge on any atom is -0.464 e. The van der Waals surface area contributed by atoms with E-state index in [4.69, 9.17) is 4.74 Å². The Bertz CT molecular complexity index is 822. The summed E-state index contributed by atoms with van der Waals surface area (Å²) in [5.74, 6) is -0.300. The number of ether oxygens (including phenoxy) is 1. The van der Waals surface area contributed by atoms with E-state index in [9.17, 15) is 9.59 Å². The summed E-state index contributed by atoms with van der Waals surface area (Å²) in [4.78, 5) is 29.0. The van der Waals surface area contributed by atoms with Crippen LogP contribution in [0.1, 0.15) is 57.4 Å². The Balaban J connectivity index is 1.61. The number of hydrogen-bond acceptors (Lipinski definition) is 6. The van der Waals surface area contributed by atoms with Gasteiger partial charge in [-0.3, -0.25) is 14.8 Å². The molecule has 2 aromatic heterocycles. The van der Waals surface area contributed by atoms with Crippen LogP contribution in [0.2, 0.25) is 0 Å². The van der Waals surface area contributed by atoms with E-state index >= 15 is 0 Å². The molecule has 2 N–H and O–H groups in total. The molecule has 7 nitrogen and oxygen atoms in total. The molecule has 0 spiro atoms. The second-order valence-electron chi connectivity index (χ2n) is 6.80. The Morgan fingerprint density at radius 1 is 1.35 bits per heavy atom. The van der Waals surface area contributed by atoms with Gasteiger partial charge in [0, 0.05) is 34.2 Å². The van der Waals surface area contributed by atoms with Crippen molar-refractivity contribution < 1.29 is 14.3 Å². The maximum Gasteiger partial charge on any atom is 0.356 e. The molecule has 2 aromatic rings. The lowest BCUT2D eigenvalue weighted by Crippen LogP contribution is -2.28. The van der Waals surface area contributed by atoms with Crippen LogP contribution in [-0.2, 0) is 16.1 Å². The number of methoxy groups -OCH3 is 1. The first-order chi connectivity index (χ1) is 12.7. The lowest BCUT2D eigenvalue weighted by Gasteiger charge is -2.25. The third-order valence-corrected chi connectivity index (χ3v) is 6.23. The van der Waals surface area contributed by atoms with Gasteiger partial charge in [0.1, 0.15) is 5.69 Å². The number of nitrogens with zero attached hydrogens (tertiary/aromatic N) is 2. The van der Waals surface area contributed by atoms with Crippen LogP contribution in [0, 0.1) is 0 Å². The Kier molecular flexibility index (Phi) is 4.78. The van der Waals surface area contributed by atoms with Gasteiger partial charge in [0.2, 0.25) is 5.91 Å². The van der Waals surface area contributed by atoms with Crippen molar-refractivity contribution in [3.63, 3.8) is 0 Å². The van der Waals surface area contributed by atoms with Crippen molar-refractivity contribution >= 4 is 29.0 Å². The van der Waals surface area contributed by atoms with Gasteiger partial charge in [0.25, 0.3) is 0 Å². The molecule has 4 heterocycles. The zero-order chi connectivity index (χ0) is 18.1. The standard InChI is InChI=1S/C18H22N4O3S/c1-25-18(24)16-15-12(9-14(23)19-17(15)21-20-16)13-6-5-11(26-13)10-22-7-3-2-4-8-22/h5-6,12H,2-4,7-10H2,1H3,(H2,19,20,21,23). The van der Waals surface area contributed by atoms with Crippen LogP contribution >= 0.6 is 11.3 Å². The van der Waals surface area contributed by atoms with E-state index in [1.165, 1.54) is 31.2 Å². The van der Waals surface area contributed by atoms with E-state index in [0.29, 0.717) is 17.9 Å². The number of fused-ring (bicyclic) bond motifs is 1. The lowest BCUT2D eigenvalue weighted by molar-refractivity contribution is -0.116. The van der Waals surface area contributed by atoms with Gasteiger partial charge in [-0.25, -0.2) is 4.79 Å². The van der Waals surface area contributed by atoms with Crippen LogP contribution < -0.4 is 5.32 Å². The van der Waals surface area contributed by atoms with E-state index in [1.54, 1.807) is 11.3 Å². The van der Waals surface area contributed by atoms with Gasteiger partial charge in [-0.2, -0.15) is 5.10 Å². The van der Waals surface area contributed by atoms with Crippen LogP contribution in [0.15, 0.2) is 12.1 Å². The Hall–Kier alpha value is -2.19. The number of thiophene rings is 1. The summed E-state index contributed by atoms with van der Waals surface area (Å²) in [7, 11) is 1.34. The molecule has 2 aliphatic heterocycles. The summed E-state index contributed by atoms with van der Waals surface area (Å²) in [6, 6.07) is 4.21. The van der Waals surface area contributed by atoms with Crippen molar-refractivity contribution in [1.29, 1.82) is 0 Å². The van der Waals surface area contributed by atoms with Gasteiger partial charge in [-0.05, 0) is 38.1 Å². The average molecular weight is 374 g/mol. The number of nitrogens with one attached hydrogen (secondary N) is 2. The molecular formula is C18H22N4O3S. The van der Waals surface area contributed by atoms with Gasteiger partial charge in [0.05, 0.1) is 7.11 Å². The number of likely N-dealkylation sites (tertiary alicyclic amines) is 1. The summed E-state index contributed by atoms with van der Waals surface area (Å²) in [5.41, 5.74) is 1.04. The molecule has 0 bridgehead atoms. The van der Waals surface area contributed by atoms with Gasteiger partial charge in [0.15, 0.2) is 5.82 Å². The number of esters is 1. The van der Waals surface area contributed by atoms with Crippen molar-refractivity contribution in [2.24, 2.45) is 0 Å². The number of hydrogen-bond donors (Lipinski definition) is 2. The van der Waals surface area contributed by atoms with Crippen LogP contribution in [0.3, 0.4) is 0 Å². The maximum absolute atomic E-state index is 12.1. The highest BCUT2D eigenvalue weighted by Crippen LogP contribution is 2.41. The molecule has 0 aliphatic carbocycles. The van der Waals surface area contributed by atoms with Gasteiger partial charge in [-0.15, -0.1) is 11.3 Å². The number of H-pyrrole nitrogens is 1.